The SMILES string of the molecule is CCC(=O)N[C@@H]1CCc2c(-c3ccc(C(F)(F)F)cc3F)cncc21. The molecule has 1 N–H and O–H groups in total. The van der Waals surface area contributed by atoms with Gasteiger partial charge >= 0.3 is 6.18 Å². The van der Waals surface area contributed by atoms with Gasteiger partial charge < -0.3 is 5.32 Å². The van der Waals surface area contributed by atoms with Crippen molar-refractivity contribution in [3.05, 3.63) is 53.1 Å². The highest BCUT2D eigenvalue weighted by Crippen LogP contribution is 2.39. The van der Waals surface area contributed by atoms with Crippen LogP contribution in [0.4, 0.5) is 17.6 Å². The average molecular weight is 352 g/mol. The van der Waals surface area contributed by atoms with E-state index < -0.39 is 17.6 Å². The number of rotatable bonds is 3. The third-order valence-corrected chi connectivity index (χ3v) is 4.39. The molecule has 1 aromatic carbocycles. The molecule has 1 aromatic heterocycles. The highest BCUT2D eigenvalue weighted by atomic mass is 19.4. The Balaban J connectivity index is 1.99. The second-order valence-electron chi connectivity index (χ2n) is 5.96. The van der Waals surface area contributed by atoms with Crippen molar-refractivity contribution in [1.82, 2.24) is 10.3 Å². The van der Waals surface area contributed by atoms with Crippen LogP contribution in [0.5, 0.6) is 0 Å². The van der Waals surface area contributed by atoms with Gasteiger partial charge in [0, 0.05) is 29.9 Å². The van der Waals surface area contributed by atoms with Crippen molar-refractivity contribution in [3.8, 4) is 11.1 Å². The van der Waals surface area contributed by atoms with Crippen LogP contribution in [0, 0.1) is 5.82 Å². The molecule has 1 aliphatic carbocycles. The topological polar surface area (TPSA) is 42.0 Å². The van der Waals surface area contributed by atoms with E-state index in [9.17, 15) is 22.4 Å². The van der Waals surface area contributed by atoms with Crippen LogP contribution in [0.1, 0.15) is 42.5 Å². The Kier molecular flexibility index (Phi) is 4.49. The molecule has 1 amide bonds. The van der Waals surface area contributed by atoms with Gasteiger partial charge in [0.15, 0.2) is 0 Å². The number of amides is 1. The van der Waals surface area contributed by atoms with E-state index in [4.69, 9.17) is 0 Å². The molecule has 3 nitrogen and oxygen atoms in total. The molecule has 132 valence electrons. The molecule has 3 rings (SSSR count). The second-order valence-corrected chi connectivity index (χ2v) is 5.96. The first kappa shape index (κ1) is 17.4. The predicted octanol–water partition coefficient (Wildman–Crippen LogP) is 4.42. The summed E-state index contributed by atoms with van der Waals surface area (Å²) in [5, 5.41) is 2.89. The maximum Gasteiger partial charge on any atom is 0.416 e. The van der Waals surface area contributed by atoms with E-state index in [-0.39, 0.29) is 17.5 Å². The van der Waals surface area contributed by atoms with Gasteiger partial charge in [-0.2, -0.15) is 13.2 Å². The Hall–Kier alpha value is -2.44. The highest BCUT2D eigenvalue weighted by molar-refractivity contribution is 5.77. The van der Waals surface area contributed by atoms with Gasteiger partial charge in [-0.25, -0.2) is 4.39 Å². The number of nitrogens with zero attached hydrogens (tertiary/aromatic N) is 1. The van der Waals surface area contributed by atoms with Crippen molar-refractivity contribution in [2.45, 2.75) is 38.4 Å². The maximum atomic E-state index is 14.3. The summed E-state index contributed by atoms with van der Waals surface area (Å²) in [4.78, 5) is 15.7. The zero-order chi connectivity index (χ0) is 18.2. The fourth-order valence-corrected chi connectivity index (χ4v) is 3.12. The first-order valence-electron chi connectivity index (χ1n) is 7.94. The molecule has 0 spiro atoms. The van der Waals surface area contributed by atoms with Crippen LogP contribution in [0.2, 0.25) is 0 Å². The molecular weight excluding hydrogens is 336 g/mol. The minimum absolute atomic E-state index is 0.0832. The van der Waals surface area contributed by atoms with Crippen molar-refractivity contribution >= 4 is 5.91 Å². The van der Waals surface area contributed by atoms with Gasteiger partial charge in [-0.1, -0.05) is 13.0 Å². The summed E-state index contributed by atoms with van der Waals surface area (Å²) in [6.45, 7) is 1.75. The first-order chi connectivity index (χ1) is 11.8. The van der Waals surface area contributed by atoms with Crippen molar-refractivity contribution in [3.63, 3.8) is 0 Å². The van der Waals surface area contributed by atoms with E-state index in [1.54, 1.807) is 13.1 Å². The molecule has 0 bridgehead atoms. The van der Waals surface area contributed by atoms with Crippen molar-refractivity contribution in [1.29, 1.82) is 0 Å². The zero-order valence-corrected chi connectivity index (χ0v) is 13.5. The Labute approximate surface area is 142 Å². The van der Waals surface area contributed by atoms with Gasteiger partial charge in [-0.3, -0.25) is 9.78 Å². The van der Waals surface area contributed by atoms with Crippen LogP contribution in [0.15, 0.2) is 30.6 Å². The summed E-state index contributed by atoms with van der Waals surface area (Å²) >= 11 is 0. The Bertz CT molecular complexity index is 817. The number of benzene rings is 1. The Morgan fingerprint density at radius 1 is 1.28 bits per heavy atom. The van der Waals surface area contributed by atoms with Gasteiger partial charge in [0.2, 0.25) is 5.91 Å². The molecule has 2 aromatic rings. The van der Waals surface area contributed by atoms with E-state index in [2.05, 4.69) is 10.3 Å². The molecule has 1 atom stereocenters. The quantitative estimate of drug-likeness (QED) is 0.831. The molecule has 0 saturated carbocycles. The average Bonchev–Trinajstić information content (AvgIpc) is 2.97. The molecule has 1 aliphatic rings. The molecule has 1 heterocycles. The van der Waals surface area contributed by atoms with Crippen LogP contribution in [-0.2, 0) is 17.4 Å². The van der Waals surface area contributed by atoms with Crippen LogP contribution in [-0.4, -0.2) is 10.9 Å². The van der Waals surface area contributed by atoms with E-state index in [0.717, 1.165) is 23.3 Å². The number of carbonyl (C=O) groups excluding carboxylic acids is 1. The molecule has 0 saturated heterocycles. The Morgan fingerprint density at radius 2 is 2.04 bits per heavy atom. The van der Waals surface area contributed by atoms with E-state index in [1.165, 1.54) is 6.20 Å². The standard InChI is InChI=1S/C18H16F4N2O/c1-2-17(25)24-16-6-5-11-13(8-23-9-14(11)16)12-4-3-10(7-15(12)19)18(20,21)22/h3-4,7-9,16H,2,5-6H2,1H3,(H,24,25)/t16-/m1/s1. The number of hydrogen-bond acceptors (Lipinski definition) is 2. The summed E-state index contributed by atoms with van der Waals surface area (Å²) in [5.41, 5.74) is 1.13. The summed E-state index contributed by atoms with van der Waals surface area (Å²) in [6.07, 6.45) is 0.0888. The summed E-state index contributed by atoms with van der Waals surface area (Å²) in [6, 6.07) is 2.30. The van der Waals surface area contributed by atoms with Crippen molar-refractivity contribution < 1.29 is 22.4 Å². The number of aromatic nitrogens is 1. The zero-order valence-electron chi connectivity index (χ0n) is 13.5. The Morgan fingerprint density at radius 3 is 2.68 bits per heavy atom. The lowest BCUT2D eigenvalue weighted by molar-refractivity contribution is -0.137. The molecule has 7 heteroatoms. The number of halogens is 4. The maximum absolute atomic E-state index is 14.3. The normalized spacial score (nSPS) is 16.6. The van der Waals surface area contributed by atoms with Crippen LogP contribution in [0.3, 0.4) is 0 Å². The fraction of sp³-hybridized carbons (Fsp3) is 0.333. The largest absolute Gasteiger partial charge is 0.416 e. The van der Waals surface area contributed by atoms with Gasteiger partial charge in [-0.05, 0) is 36.1 Å². The van der Waals surface area contributed by atoms with Crippen LogP contribution < -0.4 is 5.32 Å². The molecular formula is C18H16F4N2O. The molecule has 0 radical (unpaired) electrons. The monoisotopic (exact) mass is 352 g/mol. The van der Waals surface area contributed by atoms with Crippen LogP contribution in [0.25, 0.3) is 11.1 Å². The minimum atomic E-state index is -4.59. The summed E-state index contributed by atoms with van der Waals surface area (Å²) in [7, 11) is 0. The molecule has 0 unspecified atom stereocenters. The highest BCUT2D eigenvalue weighted by Gasteiger charge is 2.32. The smallest absolute Gasteiger partial charge is 0.349 e. The number of alkyl halides is 3. The second kappa shape index (κ2) is 6.46. The van der Waals surface area contributed by atoms with Gasteiger partial charge in [0.1, 0.15) is 5.82 Å². The minimum Gasteiger partial charge on any atom is -0.349 e. The van der Waals surface area contributed by atoms with Crippen molar-refractivity contribution in [2.75, 3.05) is 0 Å². The number of nitrogens with one attached hydrogen (secondary N) is 1. The third kappa shape index (κ3) is 3.36. The number of hydrogen-bond donors (Lipinski definition) is 1. The summed E-state index contributed by atoms with van der Waals surface area (Å²) in [5.74, 6) is -1.03. The van der Waals surface area contributed by atoms with Gasteiger partial charge in [-0.15, -0.1) is 0 Å². The van der Waals surface area contributed by atoms with Gasteiger partial charge in [0.25, 0.3) is 0 Å². The lowest BCUT2D eigenvalue weighted by Gasteiger charge is -2.15. The van der Waals surface area contributed by atoms with E-state index >= 15 is 0 Å². The number of carbonyl (C=O) groups is 1. The number of fused-ring (bicyclic) bond motifs is 1. The first-order valence-corrected chi connectivity index (χ1v) is 7.94. The van der Waals surface area contributed by atoms with E-state index in [0.29, 0.717) is 30.9 Å². The van der Waals surface area contributed by atoms with Crippen LogP contribution >= 0.6 is 0 Å². The fourth-order valence-electron chi connectivity index (χ4n) is 3.12. The molecule has 0 aliphatic heterocycles. The third-order valence-electron chi connectivity index (χ3n) is 4.39. The molecule has 0 fully saturated rings. The lowest BCUT2D eigenvalue weighted by atomic mass is 9.97. The van der Waals surface area contributed by atoms with Gasteiger partial charge in [0.05, 0.1) is 11.6 Å². The summed E-state index contributed by atoms with van der Waals surface area (Å²) < 4.78 is 52.4. The van der Waals surface area contributed by atoms with Crippen molar-refractivity contribution in [2.24, 2.45) is 0 Å². The number of pyridine rings is 1. The van der Waals surface area contributed by atoms with E-state index in [1.807, 2.05) is 0 Å². The lowest BCUT2D eigenvalue weighted by Crippen LogP contribution is -2.26. The predicted molar refractivity (Wildman–Crippen MR) is 84.1 cm³/mol. The molecule has 25 heavy (non-hydrogen) atoms.